The van der Waals surface area contributed by atoms with E-state index < -0.39 is 6.10 Å². The number of rotatable bonds is 2. The van der Waals surface area contributed by atoms with Gasteiger partial charge < -0.3 is 9.84 Å². The van der Waals surface area contributed by atoms with Crippen LogP contribution in [0.2, 0.25) is 0 Å². The number of aliphatic hydroxyl groups excluding tert-OH is 1. The van der Waals surface area contributed by atoms with Gasteiger partial charge in [0.05, 0.1) is 6.10 Å². The van der Waals surface area contributed by atoms with E-state index in [0.29, 0.717) is 6.47 Å². The second-order valence-electron chi connectivity index (χ2n) is 4.66. The molecule has 3 nitrogen and oxygen atoms in total. The lowest BCUT2D eigenvalue weighted by Crippen LogP contribution is -2.68. The molecule has 70 valence electrons. The Morgan fingerprint density at radius 2 is 1.67 bits per heavy atom. The molecular formula is C9H16O3. The van der Waals surface area contributed by atoms with Gasteiger partial charge in [0, 0.05) is 10.8 Å². The van der Waals surface area contributed by atoms with Crippen LogP contribution in [-0.2, 0) is 9.53 Å². The van der Waals surface area contributed by atoms with E-state index in [2.05, 4.69) is 0 Å². The van der Waals surface area contributed by atoms with Crippen LogP contribution in [-0.4, -0.2) is 23.8 Å². The molecule has 0 spiro atoms. The summed E-state index contributed by atoms with van der Waals surface area (Å²) in [4.78, 5) is 10.2. The zero-order chi connectivity index (χ0) is 9.57. The van der Waals surface area contributed by atoms with E-state index >= 15 is 0 Å². The maximum Gasteiger partial charge on any atom is 0.293 e. The molecule has 0 radical (unpaired) electrons. The zero-order valence-corrected chi connectivity index (χ0v) is 8.00. The third-order valence-electron chi connectivity index (χ3n) is 2.95. The SMILES string of the molecule is CC1(C)C(O)C(C)(C)C1OC=O. The van der Waals surface area contributed by atoms with E-state index in [1.165, 1.54) is 0 Å². The number of carbonyl (C=O) groups excluding carboxylic acids is 1. The van der Waals surface area contributed by atoms with Crippen molar-refractivity contribution in [3.05, 3.63) is 0 Å². The Balaban J connectivity index is 2.78. The quantitative estimate of drug-likeness (QED) is 0.631. The van der Waals surface area contributed by atoms with Gasteiger partial charge in [0.2, 0.25) is 0 Å². The van der Waals surface area contributed by atoms with Gasteiger partial charge in [-0.1, -0.05) is 27.7 Å². The summed E-state index contributed by atoms with van der Waals surface area (Å²) >= 11 is 0. The van der Waals surface area contributed by atoms with Gasteiger partial charge in [0.25, 0.3) is 6.47 Å². The summed E-state index contributed by atoms with van der Waals surface area (Å²) in [5, 5.41) is 9.70. The molecule has 1 aliphatic rings. The highest BCUT2D eigenvalue weighted by Crippen LogP contribution is 2.55. The van der Waals surface area contributed by atoms with Gasteiger partial charge >= 0.3 is 0 Å². The van der Waals surface area contributed by atoms with E-state index in [9.17, 15) is 9.90 Å². The summed E-state index contributed by atoms with van der Waals surface area (Å²) in [5.41, 5.74) is -0.630. The van der Waals surface area contributed by atoms with Gasteiger partial charge in [-0.3, -0.25) is 4.79 Å². The number of hydrogen-bond acceptors (Lipinski definition) is 3. The molecule has 0 bridgehead atoms. The Morgan fingerprint density at radius 1 is 1.25 bits per heavy atom. The molecule has 0 aromatic rings. The molecular weight excluding hydrogens is 156 g/mol. The van der Waals surface area contributed by atoms with Gasteiger partial charge in [-0.2, -0.15) is 0 Å². The molecule has 1 fully saturated rings. The first kappa shape index (κ1) is 9.52. The first-order valence-electron chi connectivity index (χ1n) is 4.12. The Bertz CT molecular complexity index is 180. The molecule has 12 heavy (non-hydrogen) atoms. The van der Waals surface area contributed by atoms with Crippen molar-refractivity contribution in [3.8, 4) is 0 Å². The summed E-state index contributed by atoms with van der Waals surface area (Å²) in [7, 11) is 0. The van der Waals surface area contributed by atoms with E-state index in [1.807, 2.05) is 27.7 Å². The second-order valence-corrected chi connectivity index (χ2v) is 4.66. The molecule has 1 aliphatic carbocycles. The van der Waals surface area contributed by atoms with Crippen LogP contribution in [0.15, 0.2) is 0 Å². The first-order valence-corrected chi connectivity index (χ1v) is 4.12. The van der Waals surface area contributed by atoms with E-state index in [-0.39, 0.29) is 16.9 Å². The normalized spacial score (nSPS) is 36.8. The molecule has 0 unspecified atom stereocenters. The standard InChI is InChI=1S/C9H16O3/c1-8(2)6(11)9(3,4)7(8)12-5-10/h5-7,11H,1-4H3. The lowest BCUT2D eigenvalue weighted by atomic mass is 9.51. The highest BCUT2D eigenvalue weighted by molar-refractivity contribution is 5.39. The molecule has 3 heteroatoms. The average Bonchev–Trinajstić information content (AvgIpc) is 1.98. The topological polar surface area (TPSA) is 46.5 Å². The average molecular weight is 172 g/mol. The predicted molar refractivity (Wildman–Crippen MR) is 44.5 cm³/mol. The molecule has 0 saturated heterocycles. The molecule has 0 amide bonds. The molecule has 1 rings (SSSR count). The molecule has 0 aromatic carbocycles. The van der Waals surface area contributed by atoms with E-state index in [1.54, 1.807) is 0 Å². The lowest BCUT2D eigenvalue weighted by Gasteiger charge is -2.59. The molecule has 0 aliphatic heterocycles. The van der Waals surface area contributed by atoms with Gasteiger partial charge in [0.1, 0.15) is 6.10 Å². The highest BCUT2D eigenvalue weighted by Gasteiger charge is 2.63. The Morgan fingerprint density at radius 3 is 2.00 bits per heavy atom. The van der Waals surface area contributed by atoms with Crippen molar-refractivity contribution >= 4 is 6.47 Å². The summed E-state index contributed by atoms with van der Waals surface area (Å²) in [6, 6.07) is 0. The molecule has 1 N–H and O–H groups in total. The molecule has 0 heterocycles. The summed E-state index contributed by atoms with van der Waals surface area (Å²) in [5.74, 6) is 0. The minimum Gasteiger partial charge on any atom is -0.463 e. The van der Waals surface area contributed by atoms with Crippen molar-refractivity contribution in [1.82, 2.24) is 0 Å². The number of carbonyl (C=O) groups is 1. The third-order valence-corrected chi connectivity index (χ3v) is 2.95. The van der Waals surface area contributed by atoms with Crippen molar-refractivity contribution in [2.24, 2.45) is 10.8 Å². The smallest absolute Gasteiger partial charge is 0.293 e. The zero-order valence-electron chi connectivity index (χ0n) is 8.00. The van der Waals surface area contributed by atoms with Crippen molar-refractivity contribution < 1.29 is 14.6 Å². The largest absolute Gasteiger partial charge is 0.463 e. The lowest BCUT2D eigenvalue weighted by molar-refractivity contribution is -0.253. The fraction of sp³-hybridized carbons (Fsp3) is 0.889. The summed E-state index contributed by atoms with van der Waals surface area (Å²) in [6.07, 6.45) is -0.590. The number of ether oxygens (including phenoxy) is 1. The Labute approximate surface area is 72.7 Å². The molecule has 0 aromatic heterocycles. The van der Waals surface area contributed by atoms with Crippen LogP contribution >= 0.6 is 0 Å². The summed E-state index contributed by atoms with van der Waals surface area (Å²) < 4.78 is 4.94. The number of hydrogen-bond donors (Lipinski definition) is 1. The monoisotopic (exact) mass is 172 g/mol. The van der Waals surface area contributed by atoms with Crippen LogP contribution in [0.25, 0.3) is 0 Å². The predicted octanol–water partition coefficient (Wildman–Crippen LogP) is 0.955. The van der Waals surface area contributed by atoms with Gasteiger partial charge in [-0.05, 0) is 0 Å². The van der Waals surface area contributed by atoms with Crippen LogP contribution in [0.5, 0.6) is 0 Å². The van der Waals surface area contributed by atoms with Gasteiger partial charge in [-0.15, -0.1) is 0 Å². The van der Waals surface area contributed by atoms with Crippen LogP contribution in [0.1, 0.15) is 27.7 Å². The Hall–Kier alpha value is -0.570. The van der Waals surface area contributed by atoms with Crippen molar-refractivity contribution in [2.45, 2.75) is 39.9 Å². The van der Waals surface area contributed by atoms with Crippen LogP contribution in [0.3, 0.4) is 0 Å². The molecule has 1 saturated carbocycles. The van der Waals surface area contributed by atoms with E-state index in [4.69, 9.17) is 4.74 Å². The van der Waals surface area contributed by atoms with Crippen LogP contribution < -0.4 is 0 Å². The second kappa shape index (κ2) is 2.46. The van der Waals surface area contributed by atoms with Crippen molar-refractivity contribution in [1.29, 1.82) is 0 Å². The first-order chi connectivity index (χ1) is 5.35. The minimum atomic E-state index is -0.407. The van der Waals surface area contributed by atoms with Crippen molar-refractivity contribution in [2.75, 3.05) is 0 Å². The maximum absolute atomic E-state index is 10.2. The van der Waals surface area contributed by atoms with Crippen LogP contribution in [0.4, 0.5) is 0 Å². The van der Waals surface area contributed by atoms with E-state index in [0.717, 1.165) is 0 Å². The van der Waals surface area contributed by atoms with Crippen LogP contribution in [0, 0.1) is 10.8 Å². The number of aliphatic hydroxyl groups is 1. The highest BCUT2D eigenvalue weighted by atomic mass is 16.5. The van der Waals surface area contributed by atoms with Crippen molar-refractivity contribution in [3.63, 3.8) is 0 Å². The Kier molecular flexibility index (Phi) is 1.95. The minimum absolute atomic E-state index is 0.183. The maximum atomic E-state index is 10.2. The fourth-order valence-corrected chi connectivity index (χ4v) is 2.51. The van der Waals surface area contributed by atoms with Gasteiger partial charge in [0.15, 0.2) is 0 Å². The summed E-state index contributed by atoms with van der Waals surface area (Å²) in [6.45, 7) is 8.06. The van der Waals surface area contributed by atoms with Gasteiger partial charge in [-0.25, -0.2) is 0 Å². The fourth-order valence-electron chi connectivity index (χ4n) is 2.51. The third kappa shape index (κ3) is 0.959. The molecule has 0 atom stereocenters.